The van der Waals surface area contributed by atoms with E-state index < -0.39 is 20.0 Å². The van der Waals surface area contributed by atoms with Crippen molar-refractivity contribution in [3.63, 3.8) is 0 Å². The Morgan fingerprint density at radius 1 is 1.05 bits per heavy atom. The van der Waals surface area contributed by atoms with Gasteiger partial charge >= 0.3 is 0 Å². The predicted octanol–water partition coefficient (Wildman–Crippen LogP) is 0.520. The predicted molar refractivity (Wildman–Crippen MR) is 75.9 cm³/mol. The summed E-state index contributed by atoms with van der Waals surface area (Å²) in [5, 5.41) is 0. The van der Waals surface area contributed by atoms with Crippen molar-refractivity contribution < 1.29 is 16.8 Å². The maximum Gasteiger partial charge on any atom is 0.214 e. The Hall–Kier alpha value is -0.180. The molecule has 114 valence electrons. The summed E-state index contributed by atoms with van der Waals surface area (Å²) < 4.78 is 51.0. The highest BCUT2D eigenvalue weighted by atomic mass is 32.2. The van der Waals surface area contributed by atoms with E-state index in [-0.39, 0.29) is 30.6 Å². The topological polar surface area (TPSA) is 83.6 Å². The summed E-state index contributed by atoms with van der Waals surface area (Å²) in [6, 6.07) is 0.0761. The van der Waals surface area contributed by atoms with Crippen LogP contribution in [0.5, 0.6) is 0 Å². The average molecular weight is 312 g/mol. The van der Waals surface area contributed by atoms with Gasteiger partial charge in [0, 0.05) is 19.1 Å². The van der Waals surface area contributed by atoms with E-state index in [1.807, 2.05) is 6.92 Å². The Morgan fingerprint density at radius 2 is 1.63 bits per heavy atom. The van der Waals surface area contributed by atoms with Crippen LogP contribution in [0.4, 0.5) is 0 Å². The van der Waals surface area contributed by atoms with Crippen molar-refractivity contribution in [1.29, 1.82) is 0 Å². The van der Waals surface area contributed by atoms with Crippen LogP contribution in [0.25, 0.3) is 0 Å². The highest BCUT2D eigenvalue weighted by Gasteiger charge is 2.36. The van der Waals surface area contributed by atoms with Crippen molar-refractivity contribution in [2.24, 2.45) is 0 Å². The molecule has 0 unspecified atom stereocenters. The lowest BCUT2D eigenvalue weighted by molar-refractivity contribution is 0.405. The zero-order chi connectivity index (χ0) is 14.5. The molecule has 1 aliphatic rings. The quantitative estimate of drug-likeness (QED) is 0.637. The van der Waals surface area contributed by atoms with Crippen LogP contribution in [-0.4, -0.2) is 51.8 Å². The molecule has 0 aliphatic heterocycles. The molecule has 0 spiro atoms. The average Bonchev–Trinajstić information content (AvgIpc) is 3.07. The van der Waals surface area contributed by atoms with Gasteiger partial charge in [0.2, 0.25) is 20.0 Å². The molecule has 8 heteroatoms. The summed E-state index contributed by atoms with van der Waals surface area (Å²) in [7, 11) is -6.50. The summed E-state index contributed by atoms with van der Waals surface area (Å²) in [6.45, 7) is 4.01. The van der Waals surface area contributed by atoms with Gasteiger partial charge in [-0.05, 0) is 25.7 Å². The molecule has 0 heterocycles. The Bertz CT molecular complexity index is 469. The third kappa shape index (κ3) is 5.76. The molecule has 0 radical (unpaired) electrons. The fraction of sp³-hybridized carbons (Fsp3) is 1.00. The molecule has 1 fully saturated rings. The Balaban J connectivity index is 2.52. The highest BCUT2D eigenvalue weighted by Crippen LogP contribution is 2.29. The molecular formula is C11H24N2O4S2. The first-order valence-electron chi connectivity index (χ1n) is 6.79. The number of hydrogen-bond acceptors (Lipinski definition) is 4. The van der Waals surface area contributed by atoms with Crippen LogP contribution >= 0.6 is 0 Å². The van der Waals surface area contributed by atoms with E-state index in [9.17, 15) is 16.8 Å². The molecule has 1 rings (SSSR count). The van der Waals surface area contributed by atoms with Gasteiger partial charge in [0.1, 0.15) is 0 Å². The largest absolute Gasteiger partial charge is 0.214 e. The second kappa shape index (κ2) is 7.01. The lowest BCUT2D eigenvalue weighted by Gasteiger charge is -2.21. The first-order valence-corrected chi connectivity index (χ1v) is 10.1. The van der Waals surface area contributed by atoms with Crippen LogP contribution in [0.2, 0.25) is 0 Å². The summed E-state index contributed by atoms with van der Waals surface area (Å²) in [5.74, 6) is 0.212. The first-order chi connectivity index (χ1) is 8.82. The number of nitrogens with one attached hydrogen (secondary N) is 1. The van der Waals surface area contributed by atoms with E-state index in [1.165, 1.54) is 4.31 Å². The summed E-state index contributed by atoms with van der Waals surface area (Å²) in [4.78, 5) is 0. The summed E-state index contributed by atoms with van der Waals surface area (Å²) in [6.07, 6.45) is 2.89. The highest BCUT2D eigenvalue weighted by molar-refractivity contribution is 7.89. The van der Waals surface area contributed by atoms with Crippen LogP contribution in [0.3, 0.4) is 0 Å². The van der Waals surface area contributed by atoms with Crippen molar-refractivity contribution in [2.45, 2.75) is 45.6 Å². The Labute approximate surface area is 116 Å². The number of rotatable bonds is 10. The summed E-state index contributed by atoms with van der Waals surface area (Å²) in [5.41, 5.74) is 0. The van der Waals surface area contributed by atoms with E-state index in [0.29, 0.717) is 12.8 Å². The van der Waals surface area contributed by atoms with E-state index in [4.69, 9.17) is 0 Å². The first kappa shape index (κ1) is 16.9. The van der Waals surface area contributed by atoms with Crippen LogP contribution in [-0.2, 0) is 20.0 Å². The minimum absolute atomic E-state index is 0.0761. The summed E-state index contributed by atoms with van der Waals surface area (Å²) >= 11 is 0. The molecular weight excluding hydrogens is 288 g/mol. The lowest BCUT2D eigenvalue weighted by Crippen LogP contribution is -2.41. The van der Waals surface area contributed by atoms with Crippen LogP contribution in [0, 0.1) is 0 Å². The van der Waals surface area contributed by atoms with Gasteiger partial charge in [0.25, 0.3) is 0 Å². The molecule has 1 saturated carbocycles. The zero-order valence-electron chi connectivity index (χ0n) is 11.6. The number of nitrogens with zero attached hydrogens (tertiary/aromatic N) is 1. The molecule has 0 aromatic carbocycles. The van der Waals surface area contributed by atoms with Crippen molar-refractivity contribution in [3.05, 3.63) is 0 Å². The fourth-order valence-corrected chi connectivity index (χ4v) is 4.81. The standard InChI is InChI=1S/C11H24N2O4S2/c1-3-9-18(14,15)12-7-8-13(11-5-6-11)19(16,17)10-4-2/h11-12H,3-10H2,1-2H3. The minimum atomic E-state index is -3.26. The molecule has 19 heavy (non-hydrogen) atoms. The monoisotopic (exact) mass is 312 g/mol. The van der Waals surface area contributed by atoms with Crippen molar-refractivity contribution in [3.8, 4) is 0 Å². The van der Waals surface area contributed by atoms with Gasteiger partial charge in [-0.3, -0.25) is 0 Å². The van der Waals surface area contributed by atoms with Gasteiger partial charge in [-0.15, -0.1) is 0 Å². The van der Waals surface area contributed by atoms with Crippen molar-refractivity contribution in [2.75, 3.05) is 24.6 Å². The van der Waals surface area contributed by atoms with Gasteiger partial charge in [-0.2, -0.15) is 4.31 Å². The SMILES string of the molecule is CCCS(=O)(=O)NCCN(C1CC1)S(=O)(=O)CCC. The molecule has 6 nitrogen and oxygen atoms in total. The third-order valence-electron chi connectivity index (χ3n) is 2.90. The molecule has 0 atom stereocenters. The molecule has 0 bridgehead atoms. The number of hydrogen-bond donors (Lipinski definition) is 1. The van der Waals surface area contributed by atoms with E-state index >= 15 is 0 Å². The molecule has 0 aromatic rings. The number of sulfonamides is 2. The van der Waals surface area contributed by atoms with Gasteiger partial charge < -0.3 is 0 Å². The maximum atomic E-state index is 12.0. The zero-order valence-corrected chi connectivity index (χ0v) is 13.3. The minimum Gasteiger partial charge on any atom is -0.214 e. The second-order valence-electron chi connectivity index (χ2n) is 4.87. The van der Waals surface area contributed by atoms with Crippen molar-refractivity contribution in [1.82, 2.24) is 9.03 Å². The van der Waals surface area contributed by atoms with E-state index in [2.05, 4.69) is 4.72 Å². The van der Waals surface area contributed by atoms with Gasteiger partial charge in [0.05, 0.1) is 11.5 Å². The van der Waals surface area contributed by atoms with Crippen LogP contribution < -0.4 is 4.72 Å². The molecule has 1 N–H and O–H groups in total. The van der Waals surface area contributed by atoms with Crippen LogP contribution in [0.15, 0.2) is 0 Å². The smallest absolute Gasteiger partial charge is 0.214 e. The second-order valence-corrected chi connectivity index (χ2v) is 8.84. The van der Waals surface area contributed by atoms with Gasteiger partial charge in [-0.25, -0.2) is 21.6 Å². The van der Waals surface area contributed by atoms with Crippen LogP contribution in [0.1, 0.15) is 39.5 Å². The Kier molecular flexibility index (Phi) is 6.22. The van der Waals surface area contributed by atoms with E-state index in [0.717, 1.165) is 12.8 Å². The fourth-order valence-electron chi connectivity index (χ4n) is 1.94. The van der Waals surface area contributed by atoms with E-state index in [1.54, 1.807) is 6.92 Å². The molecule has 0 saturated heterocycles. The Morgan fingerprint density at radius 3 is 2.11 bits per heavy atom. The maximum absolute atomic E-state index is 12.0. The lowest BCUT2D eigenvalue weighted by atomic mass is 10.6. The molecule has 0 amide bonds. The normalized spacial score (nSPS) is 17.0. The van der Waals surface area contributed by atoms with Gasteiger partial charge in [0.15, 0.2) is 0 Å². The van der Waals surface area contributed by atoms with Gasteiger partial charge in [-0.1, -0.05) is 13.8 Å². The molecule has 0 aromatic heterocycles. The van der Waals surface area contributed by atoms with Crippen molar-refractivity contribution >= 4 is 20.0 Å². The molecule has 1 aliphatic carbocycles. The third-order valence-corrected chi connectivity index (χ3v) is 6.61.